The molecule has 0 saturated heterocycles. The molecular formula is C20H27ClN4O. The van der Waals surface area contributed by atoms with E-state index >= 15 is 0 Å². The second-order valence-corrected chi connectivity index (χ2v) is 7.80. The highest BCUT2D eigenvalue weighted by atomic mass is 35.5. The average Bonchev–Trinajstić information content (AvgIpc) is 2.59. The van der Waals surface area contributed by atoms with E-state index in [0.29, 0.717) is 5.82 Å². The first-order valence-corrected chi connectivity index (χ1v) is 9.24. The van der Waals surface area contributed by atoms with E-state index in [4.69, 9.17) is 11.6 Å². The number of carbonyl (C=O) groups excluding carboxylic acids is 1. The van der Waals surface area contributed by atoms with Crippen LogP contribution in [0.25, 0.3) is 0 Å². The summed E-state index contributed by atoms with van der Waals surface area (Å²) in [6.07, 6.45) is 2.05. The van der Waals surface area contributed by atoms with Gasteiger partial charge in [0.15, 0.2) is 0 Å². The summed E-state index contributed by atoms with van der Waals surface area (Å²) in [5, 5.41) is 3.49. The van der Waals surface area contributed by atoms with Gasteiger partial charge in [0.2, 0.25) is 5.28 Å². The molecule has 0 radical (unpaired) electrons. The number of amides is 1. The van der Waals surface area contributed by atoms with Crippen LogP contribution in [0.1, 0.15) is 51.0 Å². The Balaban J connectivity index is 2.27. The lowest BCUT2D eigenvalue weighted by atomic mass is 9.84. The number of nitrogens with one attached hydrogen (secondary N) is 1. The summed E-state index contributed by atoms with van der Waals surface area (Å²) in [7, 11) is 1.72. The first-order chi connectivity index (χ1) is 12.2. The van der Waals surface area contributed by atoms with E-state index in [1.54, 1.807) is 18.0 Å². The van der Waals surface area contributed by atoms with Gasteiger partial charge in [-0.15, -0.1) is 0 Å². The van der Waals surface area contributed by atoms with Crippen LogP contribution in [0.5, 0.6) is 0 Å². The molecule has 1 aromatic carbocycles. The Bertz CT molecular complexity index is 743. The Kier molecular flexibility index (Phi) is 6.59. The van der Waals surface area contributed by atoms with Gasteiger partial charge in [-0.3, -0.25) is 4.79 Å². The molecule has 2 rings (SSSR count). The molecule has 0 saturated carbocycles. The maximum absolute atomic E-state index is 12.8. The molecule has 0 spiro atoms. The van der Waals surface area contributed by atoms with Crippen molar-refractivity contribution in [2.75, 3.05) is 17.3 Å². The quantitative estimate of drug-likeness (QED) is 0.720. The third kappa shape index (κ3) is 5.18. The second-order valence-electron chi connectivity index (χ2n) is 7.46. The second kappa shape index (κ2) is 8.49. The smallest absolute Gasteiger partial charge is 0.276 e. The lowest BCUT2D eigenvalue weighted by molar-refractivity contribution is 0.0988. The van der Waals surface area contributed by atoms with Gasteiger partial charge >= 0.3 is 0 Å². The molecule has 1 heterocycles. The van der Waals surface area contributed by atoms with Crippen molar-refractivity contribution in [3.8, 4) is 0 Å². The van der Waals surface area contributed by atoms with Gasteiger partial charge in [-0.1, -0.05) is 52.3 Å². The Morgan fingerprint density at radius 2 is 1.88 bits per heavy atom. The van der Waals surface area contributed by atoms with Gasteiger partial charge in [0.1, 0.15) is 11.5 Å². The van der Waals surface area contributed by atoms with Crippen LogP contribution in [0.3, 0.4) is 0 Å². The molecule has 1 atom stereocenters. The number of nitrogens with zero attached hydrogens (tertiary/aromatic N) is 3. The van der Waals surface area contributed by atoms with E-state index in [1.165, 1.54) is 0 Å². The fraction of sp³-hybridized carbons (Fsp3) is 0.450. The molecule has 1 N–H and O–H groups in total. The monoisotopic (exact) mass is 374 g/mol. The highest BCUT2D eigenvalue weighted by molar-refractivity contribution is 6.28. The van der Waals surface area contributed by atoms with Crippen LogP contribution in [0.15, 0.2) is 36.4 Å². The standard InChI is InChI=1S/C20H27ClN4O/c1-6-10-16(20(2,3)4)23-17-13-15(22-19(21)24-17)18(26)25(5)14-11-8-7-9-12-14/h7-9,11-13,16H,6,10H2,1-5H3,(H,22,23,24). The Morgan fingerprint density at radius 3 is 2.46 bits per heavy atom. The van der Waals surface area contributed by atoms with Crippen LogP contribution in [0, 0.1) is 5.41 Å². The van der Waals surface area contributed by atoms with Gasteiger partial charge in [-0.05, 0) is 35.6 Å². The summed E-state index contributed by atoms with van der Waals surface area (Å²) in [6.45, 7) is 8.69. The Labute approximate surface area is 160 Å². The summed E-state index contributed by atoms with van der Waals surface area (Å²) in [6, 6.07) is 11.3. The summed E-state index contributed by atoms with van der Waals surface area (Å²) >= 11 is 6.09. The van der Waals surface area contributed by atoms with Crippen molar-refractivity contribution in [2.45, 2.75) is 46.6 Å². The molecule has 140 valence electrons. The number of rotatable bonds is 6. The van der Waals surface area contributed by atoms with E-state index in [2.05, 4.69) is 43.0 Å². The van der Waals surface area contributed by atoms with Gasteiger partial charge in [-0.2, -0.15) is 0 Å². The lowest BCUT2D eigenvalue weighted by Crippen LogP contribution is -2.34. The number of anilines is 2. The van der Waals surface area contributed by atoms with Crippen molar-refractivity contribution in [3.05, 3.63) is 47.4 Å². The molecule has 0 aliphatic carbocycles. The number of para-hydroxylation sites is 1. The third-order valence-electron chi connectivity index (χ3n) is 4.31. The summed E-state index contributed by atoms with van der Waals surface area (Å²) in [5.41, 5.74) is 1.11. The molecule has 0 bridgehead atoms. The third-order valence-corrected chi connectivity index (χ3v) is 4.48. The number of hydrogen-bond donors (Lipinski definition) is 1. The summed E-state index contributed by atoms with van der Waals surface area (Å²) < 4.78 is 0. The van der Waals surface area contributed by atoms with Crippen molar-refractivity contribution >= 4 is 29.0 Å². The predicted molar refractivity (Wildman–Crippen MR) is 108 cm³/mol. The minimum Gasteiger partial charge on any atom is -0.367 e. The van der Waals surface area contributed by atoms with E-state index in [1.807, 2.05) is 30.3 Å². The van der Waals surface area contributed by atoms with E-state index in [-0.39, 0.29) is 28.3 Å². The Hall–Kier alpha value is -2.14. The minimum absolute atomic E-state index is 0.0540. The van der Waals surface area contributed by atoms with E-state index in [0.717, 1.165) is 18.5 Å². The van der Waals surface area contributed by atoms with Crippen LogP contribution in [-0.4, -0.2) is 29.0 Å². The number of carbonyl (C=O) groups is 1. The molecule has 26 heavy (non-hydrogen) atoms. The topological polar surface area (TPSA) is 58.1 Å². The number of halogens is 1. The van der Waals surface area contributed by atoms with Crippen molar-refractivity contribution in [3.63, 3.8) is 0 Å². The molecule has 1 unspecified atom stereocenters. The average molecular weight is 375 g/mol. The van der Waals surface area contributed by atoms with Crippen LogP contribution in [0.4, 0.5) is 11.5 Å². The zero-order chi connectivity index (χ0) is 19.3. The molecule has 6 heteroatoms. The van der Waals surface area contributed by atoms with E-state index in [9.17, 15) is 4.79 Å². The fourth-order valence-corrected chi connectivity index (χ4v) is 2.91. The first kappa shape index (κ1) is 20.2. The SMILES string of the molecule is CCCC(Nc1cc(C(=O)N(C)c2ccccc2)nc(Cl)n1)C(C)(C)C. The van der Waals surface area contributed by atoms with Crippen LogP contribution >= 0.6 is 11.6 Å². The van der Waals surface area contributed by atoms with Gasteiger partial charge in [0.05, 0.1) is 0 Å². The number of hydrogen-bond acceptors (Lipinski definition) is 4. The van der Waals surface area contributed by atoms with Gasteiger partial charge < -0.3 is 10.2 Å². The number of benzene rings is 1. The van der Waals surface area contributed by atoms with Crippen LogP contribution < -0.4 is 10.2 Å². The van der Waals surface area contributed by atoms with Crippen LogP contribution in [0.2, 0.25) is 5.28 Å². The molecular weight excluding hydrogens is 348 g/mol. The summed E-state index contributed by atoms with van der Waals surface area (Å²) in [4.78, 5) is 22.7. The molecule has 1 aromatic heterocycles. The Morgan fingerprint density at radius 1 is 1.23 bits per heavy atom. The maximum Gasteiger partial charge on any atom is 0.276 e. The first-order valence-electron chi connectivity index (χ1n) is 8.86. The molecule has 0 fully saturated rings. The number of aromatic nitrogens is 2. The zero-order valence-corrected chi connectivity index (χ0v) is 16.8. The lowest BCUT2D eigenvalue weighted by Gasteiger charge is -2.32. The van der Waals surface area contributed by atoms with Gasteiger partial charge in [0, 0.05) is 24.8 Å². The predicted octanol–water partition coefficient (Wildman–Crippen LogP) is 5.03. The van der Waals surface area contributed by atoms with E-state index < -0.39 is 0 Å². The maximum atomic E-state index is 12.8. The van der Waals surface area contributed by atoms with Gasteiger partial charge in [-0.25, -0.2) is 9.97 Å². The highest BCUT2D eigenvalue weighted by Gasteiger charge is 2.25. The highest BCUT2D eigenvalue weighted by Crippen LogP contribution is 2.27. The fourth-order valence-electron chi connectivity index (χ4n) is 2.73. The normalized spacial score (nSPS) is 12.5. The van der Waals surface area contributed by atoms with Gasteiger partial charge in [0.25, 0.3) is 5.91 Å². The molecule has 5 nitrogen and oxygen atoms in total. The summed E-state index contributed by atoms with van der Waals surface area (Å²) in [5.74, 6) is 0.342. The van der Waals surface area contributed by atoms with Crippen molar-refractivity contribution in [1.29, 1.82) is 0 Å². The van der Waals surface area contributed by atoms with Crippen molar-refractivity contribution in [1.82, 2.24) is 9.97 Å². The molecule has 0 aliphatic rings. The van der Waals surface area contributed by atoms with Crippen LogP contribution in [-0.2, 0) is 0 Å². The van der Waals surface area contributed by atoms with Crippen molar-refractivity contribution < 1.29 is 4.79 Å². The van der Waals surface area contributed by atoms with Crippen molar-refractivity contribution in [2.24, 2.45) is 5.41 Å². The molecule has 2 aromatic rings. The minimum atomic E-state index is -0.230. The molecule has 1 amide bonds. The zero-order valence-electron chi connectivity index (χ0n) is 16.1. The largest absolute Gasteiger partial charge is 0.367 e. The molecule has 0 aliphatic heterocycles.